The second-order valence-electron chi connectivity index (χ2n) is 8.04. The minimum Gasteiger partial charge on any atom is -0.348 e. The highest BCUT2D eigenvalue weighted by atomic mass is 32.2. The van der Waals surface area contributed by atoms with Crippen molar-refractivity contribution >= 4 is 33.8 Å². The summed E-state index contributed by atoms with van der Waals surface area (Å²) in [6.45, 7) is 10.1. The maximum atomic E-state index is 14.3. The summed E-state index contributed by atoms with van der Waals surface area (Å²) in [5, 5.41) is 2.69. The Balaban J connectivity index is 2.04. The van der Waals surface area contributed by atoms with E-state index in [0.717, 1.165) is 11.8 Å². The summed E-state index contributed by atoms with van der Waals surface area (Å²) >= 11 is 0. The van der Waals surface area contributed by atoms with Crippen molar-refractivity contribution < 1.29 is 17.6 Å². The molecule has 0 spiro atoms. The number of rotatable bonds is 7. The van der Waals surface area contributed by atoms with Crippen molar-refractivity contribution in [3.05, 3.63) is 77.1 Å². The molecular weight excluding hydrogens is 403 g/mol. The highest BCUT2D eigenvalue weighted by Crippen LogP contribution is 2.24. The molecule has 2 aromatic carbocycles. The standard InChI is InChI=1S/C23H27FN2O3S/c1-6-18-13-17(14-20(24)22(18)26-30(5,28)29)15-25-21(27)12-9-16-7-10-19(11-8-16)23(2,3)4/h6-14,26H,1,15H2,2-5H3,(H,25,27)/b12-9+. The average molecular weight is 431 g/mol. The van der Waals surface area contributed by atoms with Crippen molar-refractivity contribution in [1.29, 1.82) is 0 Å². The fraction of sp³-hybridized carbons (Fsp3) is 0.261. The third-order valence-electron chi connectivity index (χ3n) is 4.36. The molecule has 0 atom stereocenters. The molecule has 0 aromatic heterocycles. The lowest BCUT2D eigenvalue weighted by Crippen LogP contribution is -2.20. The number of amides is 1. The van der Waals surface area contributed by atoms with Crippen LogP contribution in [-0.4, -0.2) is 20.6 Å². The Labute approximate surface area is 177 Å². The van der Waals surface area contributed by atoms with Gasteiger partial charge in [0, 0.05) is 18.2 Å². The molecule has 7 heteroatoms. The van der Waals surface area contributed by atoms with Crippen LogP contribution in [0.25, 0.3) is 12.2 Å². The normalized spacial score (nSPS) is 12.0. The molecule has 0 radical (unpaired) electrons. The number of nitrogens with one attached hydrogen (secondary N) is 2. The summed E-state index contributed by atoms with van der Waals surface area (Å²) < 4.78 is 39.3. The van der Waals surface area contributed by atoms with Crippen molar-refractivity contribution in [2.45, 2.75) is 32.7 Å². The van der Waals surface area contributed by atoms with E-state index >= 15 is 0 Å². The first-order chi connectivity index (χ1) is 13.9. The van der Waals surface area contributed by atoms with Crippen LogP contribution < -0.4 is 10.0 Å². The predicted molar refractivity (Wildman–Crippen MR) is 121 cm³/mol. The molecule has 0 aliphatic rings. The molecular formula is C23H27FN2O3S. The van der Waals surface area contributed by atoms with Crippen molar-refractivity contribution in [2.24, 2.45) is 0 Å². The second-order valence-corrected chi connectivity index (χ2v) is 9.79. The molecule has 1 amide bonds. The van der Waals surface area contributed by atoms with E-state index in [-0.39, 0.29) is 23.6 Å². The quantitative estimate of drug-likeness (QED) is 0.637. The van der Waals surface area contributed by atoms with Crippen LogP contribution in [0.5, 0.6) is 0 Å². The van der Waals surface area contributed by atoms with Gasteiger partial charge in [0.25, 0.3) is 0 Å². The molecule has 0 aliphatic carbocycles. The van der Waals surface area contributed by atoms with Gasteiger partial charge in [0.15, 0.2) is 0 Å². The summed E-state index contributed by atoms with van der Waals surface area (Å²) in [6.07, 6.45) is 5.41. The number of carbonyl (C=O) groups is 1. The largest absolute Gasteiger partial charge is 0.348 e. The number of halogens is 1. The van der Waals surface area contributed by atoms with Gasteiger partial charge in [0.05, 0.1) is 11.9 Å². The summed E-state index contributed by atoms with van der Waals surface area (Å²) in [4.78, 5) is 12.1. The molecule has 0 saturated heterocycles. The van der Waals surface area contributed by atoms with Crippen molar-refractivity contribution in [3.63, 3.8) is 0 Å². The Morgan fingerprint density at radius 1 is 1.17 bits per heavy atom. The van der Waals surface area contributed by atoms with Crippen LogP contribution in [0.2, 0.25) is 0 Å². The monoisotopic (exact) mass is 430 g/mol. The molecule has 0 unspecified atom stereocenters. The zero-order valence-electron chi connectivity index (χ0n) is 17.6. The fourth-order valence-corrected chi connectivity index (χ4v) is 3.34. The Morgan fingerprint density at radius 2 is 1.80 bits per heavy atom. The van der Waals surface area contributed by atoms with Crippen LogP contribution in [-0.2, 0) is 26.8 Å². The van der Waals surface area contributed by atoms with E-state index in [1.54, 1.807) is 12.1 Å². The Morgan fingerprint density at radius 3 is 2.33 bits per heavy atom. The number of hydrogen-bond acceptors (Lipinski definition) is 3. The number of sulfonamides is 1. The third kappa shape index (κ3) is 6.84. The van der Waals surface area contributed by atoms with Crippen LogP contribution in [0.15, 0.2) is 49.1 Å². The van der Waals surface area contributed by atoms with Crippen LogP contribution >= 0.6 is 0 Å². The smallest absolute Gasteiger partial charge is 0.244 e. The van der Waals surface area contributed by atoms with Gasteiger partial charge in [-0.05, 0) is 40.3 Å². The summed E-state index contributed by atoms with van der Waals surface area (Å²) in [5.41, 5.74) is 2.77. The number of anilines is 1. The molecule has 0 aliphatic heterocycles. The lowest BCUT2D eigenvalue weighted by Gasteiger charge is -2.18. The lowest BCUT2D eigenvalue weighted by molar-refractivity contribution is -0.116. The zero-order valence-corrected chi connectivity index (χ0v) is 18.4. The van der Waals surface area contributed by atoms with E-state index in [1.165, 1.54) is 23.8 Å². The van der Waals surface area contributed by atoms with Crippen LogP contribution in [0.4, 0.5) is 10.1 Å². The first-order valence-electron chi connectivity index (χ1n) is 9.38. The molecule has 160 valence electrons. The first-order valence-corrected chi connectivity index (χ1v) is 11.3. The molecule has 0 saturated carbocycles. The van der Waals surface area contributed by atoms with Crippen LogP contribution in [0, 0.1) is 5.82 Å². The maximum absolute atomic E-state index is 14.3. The minimum absolute atomic E-state index is 0.0611. The number of hydrogen-bond donors (Lipinski definition) is 2. The molecule has 5 nitrogen and oxygen atoms in total. The van der Waals surface area contributed by atoms with Gasteiger partial charge in [0.1, 0.15) is 5.82 Å². The van der Waals surface area contributed by atoms with Crippen LogP contribution in [0.1, 0.15) is 43.0 Å². The molecule has 2 N–H and O–H groups in total. The van der Waals surface area contributed by atoms with Crippen molar-refractivity contribution in [2.75, 3.05) is 11.0 Å². The Bertz CT molecular complexity index is 1070. The lowest BCUT2D eigenvalue weighted by atomic mass is 9.87. The van der Waals surface area contributed by atoms with Gasteiger partial charge in [0.2, 0.25) is 15.9 Å². The Kier molecular flexibility index (Phi) is 7.21. The van der Waals surface area contributed by atoms with E-state index in [9.17, 15) is 17.6 Å². The molecule has 0 heterocycles. The van der Waals surface area contributed by atoms with Gasteiger partial charge in [-0.3, -0.25) is 9.52 Å². The molecule has 2 aromatic rings. The first kappa shape index (κ1) is 23.3. The van der Waals surface area contributed by atoms with Gasteiger partial charge in [-0.25, -0.2) is 12.8 Å². The van der Waals surface area contributed by atoms with Crippen LogP contribution in [0.3, 0.4) is 0 Å². The molecule has 0 bridgehead atoms. The van der Waals surface area contributed by atoms with Gasteiger partial charge < -0.3 is 5.32 Å². The number of benzene rings is 2. The van der Waals surface area contributed by atoms with Gasteiger partial charge in [-0.1, -0.05) is 57.7 Å². The summed E-state index contributed by atoms with van der Waals surface area (Å²) in [5.74, 6) is -1.06. The average Bonchev–Trinajstić information content (AvgIpc) is 2.65. The van der Waals surface area contributed by atoms with Gasteiger partial charge >= 0.3 is 0 Å². The SMILES string of the molecule is C=Cc1cc(CNC(=O)/C=C/c2ccc(C(C)(C)C)cc2)cc(F)c1NS(C)(=O)=O. The highest BCUT2D eigenvalue weighted by molar-refractivity contribution is 7.92. The molecule has 2 rings (SSSR count). The maximum Gasteiger partial charge on any atom is 0.244 e. The van der Waals surface area contributed by atoms with E-state index in [1.807, 2.05) is 24.3 Å². The minimum atomic E-state index is -3.63. The molecule has 30 heavy (non-hydrogen) atoms. The van der Waals surface area contributed by atoms with E-state index in [4.69, 9.17) is 0 Å². The van der Waals surface area contributed by atoms with Gasteiger partial charge in [-0.2, -0.15) is 0 Å². The Hall–Kier alpha value is -2.93. The van der Waals surface area contributed by atoms with E-state index in [2.05, 4.69) is 37.4 Å². The second kappa shape index (κ2) is 9.26. The fourth-order valence-electron chi connectivity index (χ4n) is 2.76. The number of carbonyl (C=O) groups excluding carboxylic acids is 1. The third-order valence-corrected chi connectivity index (χ3v) is 4.93. The molecule has 0 fully saturated rings. The van der Waals surface area contributed by atoms with Crippen molar-refractivity contribution in [1.82, 2.24) is 5.32 Å². The van der Waals surface area contributed by atoms with E-state index in [0.29, 0.717) is 11.1 Å². The summed E-state index contributed by atoms with van der Waals surface area (Å²) in [6, 6.07) is 10.7. The van der Waals surface area contributed by atoms with Crippen molar-refractivity contribution in [3.8, 4) is 0 Å². The van der Waals surface area contributed by atoms with Gasteiger partial charge in [-0.15, -0.1) is 0 Å². The summed E-state index contributed by atoms with van der Waals surface area (Å²) in [7, 11) is -3.63. The zero-order chi connectivity index (χ0) is 22.5. The topological polar surface area (TPSA) is 75.3 Å². The predicted octanol–water partition coefficient (Wildman–Crippen LogP) is 4.47. The van der Waals surface area contributed by atoms with E-state index < -0.39 is 15.8 Å². The highest BCUT2D eigenvalue weighted by Gasteiger charge is 2.14.